The van der Waals surface area contributed by atoms with E-state index in [2.05, 4.69) is 34.8 Å². The summed E-state index contributed by atoms with van der Waals surface area (Å²) in [7, 11) is 3.98. The second-order valence-corrected chi connectivity index (χ2v) is 6.94. The van der Waals surface area contributed by atoms with E-state index in [4.69, 9.17) is 0 Å². The molecule has 0 heterocycles. The number of nitrogens with one attached hydrogen (secondary N) is 3. The van der Waals surface area contributed by atoms with Crippen molar-refractivity contribution in [2.24, 2.45) is 4.99 Å². The summed E-state index contributed by atoms with van der Waals surface area (Å²) in [5.41, 5.74) is 1.71. The number of hydrogen-bond donors (Lipinski definition) is 3. The summed E-state index contributed by atoms with van der Waals surface area (Å²) in [4.78, 5) is 18.9. The van der Waals surface area contributed by atoms with Crippen molar-refractivity contribution in [2.45, 2.75) is 46.1 Å². The summed E-state index contributed by atoms with van der Waals surface area (Å²) in [6.45, 7) is 8.05. The molecule has 0 bridgehead atoms. The highest BCUT2D eigenvalue weighted by molar-refractivity contribution is 14.0. The maximum absolute atomic E-state index is 12.3. The van der Waals surface area contributed by atoms with Crippen LogP contribution in [0.4, 0.5) is 0 Å². The van der Waals surface area contributed by atoms with Crippen LogP contribution in [-0.2, 0) is 6.54 Å². The van der Waals surface area contributed by atoms with Gasteiger partial charge in [-0.25, -0.2) is 4.99 Å². The number of benzene rings is 1. The Kier molecular flexibility index (Phi) is 15.8. The van der Waals surface area contributed by atoms with Gasteiger partial charge in [-0.2, -0.15) is 0 Å². The van der Waals surface area contributed by atoms with Gasteiger partial charge in [0.15, 0.2) is 5.96 Å². The molecule has 160 valence electrons. The van der Waals surface area contributed by atoms with Crippen molar-refractivity contribution in [3.05, 3.63) is 35.4 Å². The van der Waals surface area contributed by atoms with Crippen LogP contribution < -0.4 is 16.0 Å². The number of hydrogen-bond acceptors (Lipinski definition) is 3. The van der Waals surface area contributed by atoms with Crippen molar-refractivity contribution in [3.63, 3.8) is 0 Å². The van der Waals surface area contributed by atoms with Crippen LogP contribution in [0.15, 0.2) is 29.3 Å². The minimum absolute atomic E-state index is 0. The zero-order chi connectivity index (χ0) is 19.9. The predicted molar refractivity (Wildman–Crippen MR) is 130 cm³/mol. The molecule has 1 aromatic carbocycles. The fourth-order valence-corrected chi connectivity index (χ4v) is 2.58. The van der Waals surface area contributed by atoms with Gasteiger partial charge in [0.05, 0.1) is 6.54 Å². The minimum atomic E-state index is -0.0383. The Bertz CT molecular complexity index is 578. The Balaban J connectivity index is 0.00000729. The zero-order valence-electron chi connectivity index (χ0n) is 17.9. The quantitative estimate of drug-likeness (QED) is 0.177. The number of guanidine groups is 1. The first-order chi connectivity index (χ1) is 13.1. The van der Waals surface area contributed by atoms with Gasteiger partial charge >= 0.3 is 0 Å². The molecule has 0 saturated carbocycles. The van der Waals surface area contributed by atoms with Crippen molar-refractivity contribution in [2.75, 3.05) is 40.3 Å². The highest BCUT2D eigenvalue weighted by Crippen LogP contribution is 2.07. The number of likely N-dealkylation sites (N-methyl/N-ethyl adjacent to an activating group) is 1. The molecule has 7 heteroatoms. The zero-order valence-corrected chi connectivity index (χ0v) is 20.2. The van der Waals surface area contributed by atoms with Crippen molar-refractivity contribution in [1.82, 2.24) is 20.9 Å². The third-order valence-electron chi connectivity index (χ3n) is 4.12. The van der Waals surface area contributed by atoms with Crippen LogP contribution >= 0.6 is 24.0 Å². The van der Waals surface area contributed by atoms with E-state index in [1.807, 2.05) is 43.3 Å². The van der Waals surface area contributed by atoms with Crippen LogP contribution in [0, 0.1) is 0 Å². The number of halogens is 1. The molecule has 0 atom stereocenters. The van der Waals surface area contributed by atoms with E-state index in [0.717, 1.165) is 37.6 Å². The molecule has 3 N–H and O–H groups in total. The summed E-state index contributed by atoms with van der Waals surface area (Å²) in [6, 6.07) is 7.68. The third-order valence-corrected chi connectivity index (χ3v) is 4.12. The average Bonchev–Trinajstić information content (AvgIpc) is 2.65. The lowest BCUT2D eigenvalue weighted by Crippen LogP contribution is -2.37. The standard InChI is InChI=1S/C21H37N5O.HI/c1-5-7-8-9-13-24-21(22-6-2)25-17-18-11-10-12-19(16-18)20(27)23-14-15-26(3)4;/h10-12,16H,5-9,13-15,17H2,1-4H3,(H,23,27)(H2,22,24,25);1H. The van der Waals surface area contributed by atoms with Gasteiger partial charge in [0.1, 0.15) is 0 Å². The molecule has 0 unspecified atom stereocenters. The van der Waals surface area contributed by atoms with Crippen LogP contribution in [-0.4, -0.2) is 57.0 Å². The van der Waals surface area contributed by atoms with Gasteiger partial charge in [-0.3, -0.25) is 4.79 Å². The SMILES string of the molecule is CCCCCCNC(=NCc1cccc(C(=O)NCCN(C)C)c1)NCC.I. The Morgan fingerprint density at radius 3 is 2.50 bits per heavy atom. The van der Waals surface area contributed by atoms with Gasteiger partial charge in [-0.05, 0) is 45.1 Å². The van der Waals surface area contributed by atoms with Gasteiger partial charge in [0, 0.05) is 31.7 Å². The number of carbonyl (C=O) groups is 1. The molecule has 0 saturated heterocycles. The largest absolute Gasteiger partial charge is 0.357 e. The summed E-state index contributed by atoms with van der Waals surface area (Å²) >= 11 is 0. The fraction of sp³-hybridized carbons (Fsp3) is 0.619. The number of amides is 1. The minimum Gasteiger partial charge on any atom is -0.357 e. The number of aliphatic imine (C=N–C) groups is 1. The Labute approximate surface area is 188 Å². The lowest BCUT2D eigenvalue weighted by atomic mass is 10.1. The number of unbranched alkanes of at least 4 members (excludes halogenated alkanes) is 3. The van der Waals surface area contributed by atoms with Crippen molar-refractivity contribution < 1.29 is 4.79 Å². The predicted octanol–water partition coefficient (Wildman–Crippen LogP) is 3.23. The summed E-state index contributed by atoms with van der Waals surface area (Å²) < 4.78 is 0. The first-order valence-electron chi connectivity index (χ1n) is 10.1. The maximum Gasteiger partial charge on any atom is 0.251 e. The fourth-order valence-electron chi connectivity index (χ4n) is 2.58. The van der Waals surface area contributed by atoms with Crippen LogP contribution in [0.2, 0.25) is 0 Å². The normalized spacial score (nSPS) is 11.1. The molecule has 0 fully saturated rings. The summed E-state index contributed by atoms with van der Waals surface area (Å²) in [6.07, 6.45) is 4.92. The Morgan fingerprint density at radius 1 is 1.04 bits per heavy atom. The van der Waals surface area contributed by atoms with Gasteiger partial charge < -0.3 is 20.9 Å². The summed E-state index contributed by atoms with van der Waals surface area (Å²) in [5, 5.41) is 9.60. The van der Waals surface area contributed by atoms with E-state index in [0.29, 0.717) is 18.7 Å². The number of carbonyl (C=O) groups excluding carboxylic acids is 1. The van der Waals surface area contributed by atoms with Gasteiger partial charge in [-0.15, -0.1) is 24.0 Å². The van der Waals surface area contributed by atoms with Crippen LogP contribution in [0.25, 0.3) is 0 Å². The molecule has 0 aliphatic rings. The molecule has 0 aliphatic carbocycles. The Hall–Kier alpha value is -1.35. The molecule has 6 nitrogen and oxygen atoms in total. The van der Waals surface area contributed by atoms with E-state index in [9.17, 15) is 4.79 Å². The molecular weight excluding hydrogens is 465 g/mol. The van der Waals surface area contributed by atoms with E-state index in [1.165, 1.54) is 19.3 Å². The monoisotopic (exact) mass is 503 g/mol. The number of rotatable bonds is 12. The maximum atomic E-state index is 12.3. The van der Waals surface area contributed by atoms with E-state index < -0.39 is 0 Å². The van der Waals surface area contributed by atoms with Gasteiger partial charge in [0.25, 0.3) is 5.91 Å². The highest BCUT2D eigenvalue weighted by atomic mass is 127. The molecule has 28 heavy (non-hydrogen) atoms. The topological polar surface area (TPSA) is 68.8 Å². The van der Waals surface area contributed by atoms with Crippen LogP contribution in [0.5, 0.6) is 0 Å². The molecular formula is C21H38IN5O. The molecule has 0 radical (unpaired) electrons. The Morgan fingerprint density at radius 2 is 1.82 bits per heavy atom. The third kappa shape index (κ3) is 12.2. The highest BCUT2D eigenvalue weighted by Gasteiger charge is 2.06. The first-order valence-corrected chi connectivity index (χ1v) is 10.1. The molecule has 1 aromatic rings. The molecule has 0 aromatic heterocycles. The lowest BCUT2D eigenvalue weighted by molar-refractivity contribution is 0.0951. The molecule has 1 rings (SSSR count). The van der Waals surface area contributed by atoms with Gasteiger partial charge in [-0.1, -0.05) is 38.3 Å². The molecule has 1 amide bonds. The van der Waals surface area contributed by atoms with Crippen molar-refractivity contribution >= 4 is 35.8 Å². The second-order valence-electron chi connectivity index (χ2n) is 6.94. The molecule has 0 spiro atoms. The van der Waals surface area contributed by atoms with Crippen molar-refractivity contribution in [1.29, 1.82) is 0 Å². The second kappa shape index (κ2) is 16.6. The lowest BCUT2D eigenvalue weighted by Gasteiger charge is -2.12. The average molecular weight is 503 g/mol. The first kappa shape index (κ1) is 26.6. The van der Waals surface area contributed by atoms with E-state index >= 15 is 0 Å². The van der Waals surface area contributed by atoms with E-state index in [1.54, 1.807) is 0 Å². The smallest absolute Gasteiger partial charge is 0.251 e. The van der Waals surface area contributed by atoms with Gasteiger partial charge in [0.2, 0.25) is 0 Å². The van der Waals surface area contributed by atoms with Crippen LogP contribution in [0.3, 0.4) is 0 Å². The van der Waals surface area contributed by atoms with E-state index in [-0.39, 0.29) is 29.9 Å². The molecule has 0 aliphatic heterocycles. The number of nitrogens with zero attached hydrogens (tertiary/aromatic N) is 2. The van der Waals surface area contributed by atoms with Crippen LogP contribution in [0.1, 0.15) is 55.5 Å². The van der Waals surface area contributed by atoms with Crippen molar-refractivity contribution in [3.8, 4) is 0 Å². The summed E-state index contributed by atoms with van der Waals surface area (Å²) in [5.74, 6) is 0.790.